The normalized spacial score (nSPS) is 12.1. The average Bonchev–Trinajstić information content (AvgIpc) is 2.36. The van der Waals surface area contributed by atoms with Gasteiger partial charge in [-0.25, -0.2) is 0 Å². The zero-order valence-corrected chi connectivity index (χ0v) is 11.7. The highest BCUT2D eigenvalue weighted by atomic mass is 16.5. The van der Waals surface area contributed by atoms with E-state index in [1.807, 2.05) is 20.8 Å². The summed E-state index contributed by atoms with van der Waals surface area (Å²) in [6, 6.07) is 0. The van der Waals surface area contributed by atoms with Crippen molar-refractivity contribution in [1.82, 2.24) is 14.9 Å². The van der Waals surface area contributed by atoms with Crippen molar-refractivity contribution in [3.8, 4) is 0 Å². The molecule has 0 amide bonds. The maximum atomic E-state index is 9.47. The van der Waals surface area contributed by atoms with E-state index in [0.29, 0.717) is 13.2 Å². The molecule has 0 aliphatic carbocycles. The maximum absolute atomic E-state index is 9.47. The number of nitrogens with zero attached hydrogens (tertiary/aromatic N) is 3. The molecule has 1 aromatic rings. The number of hydrogen-bond donors (Lipinski definition) is 1. The van der Waals surface area contributed by atoms with Crippen LogP contribution in [-0.2, 0) is 11.3 Å². The molecular weight excluding hydrogens is 230 g/mol. The highest BCUT2D eigenvalue weighted by molar-refractivity contribution is 5.01. The van der Waals surface area contributed by atoms with Gasteiger partial charge in [0.2, 0.25) is 0 Å². The number of aryl methyl sites for hydroxylation is 1. The first-order valence-corrected chi connectivity index (χ1v) is 6.12. The molecule has 0 fully saturated rings. The lowest BCUT2D eigenvalue weighted by molar-refractivity contribution is 0.0289. The average molecular weight is 253 g/mol. The molecule has 1 aromatic heterocycles. The SMILES string of the molecule is COCCN(Cc1cnc(C)cn1)C(C)(C)CO. The summed E-state index contributed by atoms with van der Waals surface area (Å²) < 4.78 is 5.11. The van der Waals surface area contributed by atoms with E-state index in [9.17, 15) is 5.11 Å². The van der Waals surface area contributed by atoms with Crippen LogP contribution in [0.15, 0.2) is 12.4 Å². The van der Waals surface area contributed by atoms with Crippen LogP contribution in [0.2, 0.25) is 0 Å². The Bertz CT molecular complexity index is 352. The van der Waals surface area contributed by atoms with Crippen LogP contribution in [0.1, 0.15) is 25.2 Å². The lowest BCUT2D eigenvalue weighted by Crippen LogP contribution is -2.47. The molecule has 0 spiro atoms. The van der Waals surface area contributed by atoms with Gasteiger partial charge in [-0.2, -0.15) is 0 Å². The van der Waals surface area contributed by atoms with Crippen molar-refractivity contribution in [3.63, 3.8) is 0 Å². The van der Waals surface area contributed by atoms with Crippen LogP contribution >= 0.6 is 0 Å². The van der Waals surface area contributed by atoms with Gasteiger partial charge in [-0.05, 0) is 20.8 Å². The zero-order chi connectivity index (χ0) is 13.6. The van der Waals surface area contributed by atoms with Crippen molar-refractivity contribution in [2.24, 2.45) is 0 Å². The molecule has 0 bridgehead atoms. The summed E-state index contributed by atoms with van der Waals surface area (Å²) >= 11 is 0. The Balaban J connectivity index is 2.74. The number of aliphatic hydroxyl groups excluding tert-OH is 1. The van der Waals surface area contributed by atoms with Crippen LogP contribution in [-0.4, -0.2) is 52.4 Å². The molecule has 0 aliphatic heterocycles. The molecule has 18 heavy (non-hydrogen) atoms. The predicted octanol–water partition coefficient (Wildman–Crippen LogP) is 1.00. The highest BCUT2D eigenvalue weighted by Gasteiger charge is 2.26. The fraction of sp³-hybridized carbons (Fsp3) is 0.692. The lowest BCUT2D eigenvalue weighted by Gasteiger charge is -2.36. The number of ether oxygens (including phenoxy) is 1. The van der Waals surface area contributed by atoms with Crippen LogP contribution in [0.25, 0.3) is 0 Å². The van der Waals surface area contributed by atoms with E-state index in [-0.39, 0.29) is 12.1 Å². The molecule has 0 atom stereocenters. The summed E-state index contributed by atoms with van der Waals surface area (Å²) in [5.41, 5.74) is 1.51. The third-order valence-electron chi connectivity index (χ3n) is 3.00. The molecule has 0 aliphatic rings. The fourth-order valence-corrected chi connectivity index (χ4v) is 1.59. The zero-order valence-electron chi connectivity index (χ0n) is 11.7. The van der Waals surface area contributed by atoms with Gasteiger partial charge in [0.15, 0.2) is 0 Å². The molecule has 0 aromatic carbocycles. The Morgan fingerprint density at radius 1 is 1.33 bits per heavy atom. The Hall–Kier alpha value is -1.04. The largest absolute Gasteiger partial charge is 0.394 e. The van der Waals surface area contributed by atoms with Gasteiger partial charge in [-0.1, -0.05) is 0 Å². The van der Waals surface area contributed by atoms with Gasteiger partial charge in [0.05, 0.1) is 24.6 Å². The number of aromatic nitrogens is 2. The minimum atomic E-state index is -0.300. The smallest absolute Gasteiger partial charge is 0.0727 e. The molecule has 1 heterocycles. The molecule has 0 radical (unpaired) electrons. The van der Waals surface area contributed by atoms with Crippen molar-refractivity contribution in [1.29, 1.82) is 0 Å². The topological polar surface area (TPSA) is 58.5 Å². The van der Waals surface area contributed by atoms with Crippen LogP contribution < -0.4 is 0 Å². The van der Waals surface area contributed by atoms with Gasteiger partial charge in [0.25, 0.3) is 0 Å². The summed E-state index contributed by atoms with van der Waals surface area (Å²) in [5.74, 6) is 0. The molecule has 1 rings (SSSR count). The van der Waals surface area contributed by atoms with Crippen molar-refractivity contribution < 1.29 is 9.84 Å². The number of aliphatic hydroxyl groups is 1. The fourth-order valence-electron chi connectivity index (χ4n) is 1.59. The highest BCUT2D eigenvalue weighted by Crippen LogP contribution is 2.16. The lowest BCUT2D eigenvalue weighted by atomic mass is 10.0. The molecule has 5 heteroatoms. The first-order valence-electron chi connectivity index (χ1n) is 6.12. The van der Waals surface area contributed by atoms with E-state index in [1.165, 1.54) is 0 Å². The maximum Gasteiger partial charge on any atom is 0.0727 e. The number of methoxy groups -OCH3 is 1. The predicted molar refractivity (Wildman–Crippen MR) is 70.2 cm³/mol. The second kappa shape index (κ2) is 6.78. The minimum absolute atomic E-state index is 0.0933. The second-order valence-electron chi connectivity index (χ2n) is 5.03. The van der Waals surface area contributed by atoms with E-state index < -0.39 is 0 Å². The quantitative estimate of drug-likeness (QED) is 0.785. The summed E-state index contributed by atoms with van der Waals surface area (Å²) in [4.78, 5) is 10.7. The first kappa shape index (κ1) is 15.0. The Labute approximate surface area is 109 Å². The van der Waals surface area contributed by atoms with Crippen molar-refractivity contribution in [2.75, 3.05) is 26.9 Å². The van der Waals surface area contributed by atoms with Crippen LogP contribution in [0.3, 0.4) is 0 Å². The van der Waals surface area contributed by atoms with E-state index in [4.69, 9.17) is 4.74 Å². The Kier molecular flexibility index (Phi) is 5.65. The molecular formula is C13H23N3O2. The van der Waals surface area contributed by atoms with Gasteiger partial charge in [0, 0.05) is 38.1 Å². The molecule has 0 saturated heterocycles. The molecule has 5 nitrogen and oxygen atoms in total. The van der Waals surface area contributed by atoms with E-state index in [0.717, 1.165) is 17.9 Å². The third-order valence-corrected chi connectivity index (χ3v) is 3.00. The first-order chi connectivity index (χ1) is 8.49. The molecule has 102 valence electrons. The van der Waals surface area contributed by atoms with E-state index in [1.54, 1.807) is 19.5 Å². The van der Waals surface area contributed by atoms with Gasteiger partial charge >= 0.3 is 0 Å². The van der Waals surface area contributed by atoms with E-state index in [2.05, 4.69) is 14.9 Å². The van der Waals surface area contributed by atoms with Gasteiger partial charge in [0.1, 0.15) is 0 Å². The minimum Gasteiger partial charge on any atom is -0.394 e. The third kappa shape index (κ3) is 4.33. The summed E-state index contributed by atoms with van der Waals surface area (Å²) in [5, 5.41) is 9.47. The summed E-state index contributed by atoms with van der Waals surface area (Å²) in [6.07, 6.45) is 3.54. The van der Waals surface area contributed by atoms with Crippen molar-refractivity contribution in [3.05, 3.63) is 23.8 Å². The van der Waals surface area contributed by atoms with Crippen molar-refractivity contribution in [2.45, 2.75) is 32.9 Å². The van der Waals surface area contributed by atoms with Gasteiger partial charge < -0.3 is 9.84 Å². The number of hydrogen-bond acceptors (Lipinski definition) is 5. The van der Waals surface area contributed by atoms with Crippen LogP contribution in [0, 0.1) is 6.92 Å². The van der Waals surface area contributed by atoms with Crippen molar-refractivity contribution >= 4 is 0 Å². The molecule has 1 N–H and O–H groups in total. The molecule has 0 unspecified atom stereocenters. The van der Waals surface area contributed by atoms with E-state index >= 15 is 0 Å². The Morgan fingerprint density at radius 2 is 2.06 bits per heavy atom. The second-order valence-corrected chi connectivity index (χ2v) is 5.03. The monoisotopic (exact) mass is 253 g/mol. The van der Waals surface area contributed by atoms with Crippen LogP contribution in [0.4, 0.5) is 0 Å². The van der Waals surface area contributed by atoms with Gasteiger partial charge in [-0.3, -0.25) is 14.9 Å². The number of rotatable bonds is 7. The molecule has 0 saturated carbocycles. The van der Waals surface area contributed by atoms with Crippen LogP contribution in [0.5, 0.6) is 0 Å². The standard InChI is InChI=1S/C13H23N3O2/c1-11-7-15-12(8-14-11)9-16(5-6-18-4)13(2,3)10-17/h7-8,17H,5-6,9-10H2,1-4H3. The summed E-state index contributed by atoms with van der Waals surface area (Å²) in [7, 11) is 1.68. The summed E-state index contributed by atoms with van der Waals surface area (Å²) in [6.45, 7) is 8.05. The Morgan fingerprint density at radius 3 is 2.56 bits per heavy atom. The van der Waals surface area contributed by atoms with Gasteiger partial charge in [-0.15, -0.1) is 0 Å².